The first-order valence-electron chi connectivity index (χ1n) is 7.15. The molecule has 0 saturated carbocycles. The maximum Gasteiger partial charge on any atom is 0.244 e. The van der Waals surface area contributed by atoms with Crippen LogP contribution < -0.4 is 5.32 Å². The molecule has 1 aromatic heterocycles. The van der Waals surface area contributed by atoms with E-state index in [2.05, 4.69) is 10.3 Å². The molecule has 1 heterocycles. The third-order valence-corrected chi connectivity index (χ3v) is 3.53. The van der Waals surface area contributed by atoms with Gasteiger partial charge in [-0.15, -0.1) is 0 Å². The number of para-hydroxylation sites is 1. The molecule has 0 aliphatic heterocycles. The second-order valence-electron chi connectivity index (χ2n) is 5.28. The molecule has 0 fully saturated rings. The molecule has 0 radical (unpaired) electrons. The molecule has 5 nitrogen and oxygen atoms in total. The Hall–Kier alpha value is -3.09. The number of carbonyl (C=O) groups excluding carboxylic acids is 2. The highest BCUT2D eigenvalue weighted by atomic mass is 19.2. The summed E-state index contributed by atoms with van der Waals surface area (Å²) in [5.74, 6) is -2.61. The smallest absolute Gasteiger partial charge is 0.244 e. The van der Waals surface area contributed by atoms with Crippen molar-refractivity contribution < 1.29 is 18.4 Å². The van der Waals surface area contributed by atoms with E-state index in [0.717, 1.165) is 12.1 Å². The number of benzene rings is 2. The summed E-state index contributed by atoms with van der Waals surface area (Å²) in [6.07, 6.45) is 1.46. The van der Waals surface area contributed by atoms with Crippen molar-refractivity contribution in [2.75, 3.05) is 5.32 Å². The van der Waals surface area contributed by atoms with Gasteiger partial charge in [-0.2, -0.15) is 0 Å². The molecule has 0 bridgehead atoms. The molecule has 122 valence electrons. The number of aromatic nitrogens is 2. The van der Waals surface area contributed by atoms with Crippen molar-refractivity contribution in [2.45, 2.75) is 13.5 Å². The van der Waals surface area contributed by atoms with Crippen molar-refractivity contribution in [1.82, 2.24) is 9.55 Å². The number of rotatable bonds is 4. The number of hydrogen-bond acceptors (Lipinski definition) is 3. The molecule has 0 saturated heterocycles. The summed E-state index contributed by atoms with van der Waals surface area (Å²) in [5.41, 5.74) is 1.77. The van der Waals surface area contributed by atoms with E-state index in [1.54, 1.807) is 22.8 Å². The van der Waals surface area contributed by atoms with Gasteiger partial charge in [0.25, 0.3) is 0 Å². The molecule has 3 aromatic rings. The Labute approximate surface area is 135 Å². The largest absolute Gasteiger partial charge is 0.324 e. The number of Topliss-reactive ketones (excluding diaryl/α,β-unsaturated/α-hetero) is 1. The van der Waals surface area contributed by atoms with Crippen LogP contribution >= 0.6 is 0 Å². The number of nitrogens with one attached hydrogen (secondary N) is 1. The van der Waals surface area contributed by atoms with Gasteiger partial charge in [0.15, 0.2) is 17.4 Å². The lowest BCUT2D eigenvalue weighted by Gasteiger charge is -2.08. The Bertz CT molecular complexity index is 950. The van der Waals surface area contributed by atoms with Gasteiger partial charge in [0.2, 0.25) is 5.91 Å². The first-order chi connectivity index (χ1) is 11.5. The maximum absolute atomic E-state index is 13.2. The van der Waals surface area contributed by atoms with Gasteiger partial charge in [-0.05, 0) is 31.2 Å². The summed E-state index contributed by atoms with van der Waals surface area (Å²) in [4.78, 5) is 28.0. The number of amides is 1. The average molecular weight is 329 g/mol. The summed E-state index contributed by atoms with van der Waals surface area (Å²) >= 11 is 0. The summed E-state index contributed by atoms with van der Waals surface area (Å²) in [7, 11) is 0. The molecule has 1 N–H and O–H groups in total. The number of imidazole rings is 1. The first-order valence-corrected chi connectivity index (χ1v) is 7.15. The molecule has 3 rings (SSSR count). The number of fused-ring (bicyclic) bond motifs is 1. The zero-order chi connectivity index (χ0) is 17.3. The zero-order valence-corrected chi connectivity index (χ0v) is 12.7. The number of anilines is 1. The summed E-state index contributed by atoms with van der Waals surface area (Å²) in [5, 5.41) is 2.48. The second-order valence-corrected chi connectivity index (χ2v) is 5.28. The molecule has 0 aliphatic rings. The van der Waals surface area contributed by atoms with Crippen molar-refractivity contribution in [3.05, 3.63) is 59.9 Å². The van der Waals surface area contributed by atoms with Crippen molar-refractivity contribution in [3.8, 4) is 0 Å². The van der Waals surface area contributed by atoms with E-state index in [1.165, 1.54) is 19.3 Å². The molecule has 2 aromatic carbocycles. The Morgan fingerprint density at radius 2 is 1.96 bits per heavy atom. The van der Waals surface area contributed by atoms with Gasteiger partial charge >= 0.3 is 0 Å². The Morgan fingerprint density at radius 3 is 2.67 bits per heavy atom. The third kappa shape index (κ3) is 3.01. The van der Waals surface area contributed by atoms with E-state index in [1.807, 2.05) is 0 Å². The standard InChI is InChI=1S/C17H13F2N3O2/c1-10(23)12-3-2-4-15-17(12)22(9-20-15)8-16(24)21-11-5-6-13(18)14(19)7-11/h2-7,9H,8H2,1H3,(H,21,24). The van der Waals surface area contributed by atoms with Crippen LogP contribution in [0.4, 0.5) is 14.5 Å². The van der Waals surface area contributed by atoms with Crippen molar-refractivity contribution in [2.24, 2.45) is 0 Å². The van der Waals surface area contributed by atoms with Gasteiger partial charge in [0, 0.05) is 17.3 Å². The SMILES string of the molecule is CC(=O)c1cccc2ncn(CC(=O)Nc3ccc(F)c(F)c3)c12. The zero-order valence-electron chi connectivity index (χ0n) is 12.7. The van der Waals surface area contributed by atoms with E-state index >= 15 is 0 Å². The highest BCUT2D eigenvalue weighted by Gasteiger charge is 2.14. The number of carbonyl (C=O) groups is 2. The van der Waals surface area contributed by atoms with Gasteiger partial charge in [0.1, 0.15) is 6.54 Å². The number of hydrogen-bond donors (Lipinski definition) is 1. The normalized spacial score (nSPS) is 10.8. The van der Waals surface area contributed by atoms with Gasteiger partial charge in [0.05, 0.1) is 17.4 Å². The van der Waals surface area contributed by atoms with Crippen LogP contribution in [0.2, 0.25) is 0 Å². The third-order valence-electron chi connectivity index (χ3n) is 3.53. The minimum Gasteiger partial charge on any atom is -0.324 e. The lowest BCUT2D eigenvalue weighted by molar-refractivity contribution is -0.116. The van der Waals surface area contributed by atoms with Crippen LogP contribution in [-0.4, -0.2) is 21.2 Å². The van der Waals surface area contributed by atoms with Gasteiger partial charge in [-0.3, -0.25) is 9.59 Å². The first kappa shape index (κ1) is 15.8. The number of halogens is 2. The Kier molecular flexibility index (Phi) is 4.07. The fourth-order valence-electron chi connectivity index (χ4n) is 2.46. The highest BCUT2D eigenvalue weighted by molar-refractivity contribution is 6.05. The summed E-state index contributed by atoms with van der Waals surface area (Å²) < 4.78 is 27.6. The van der Waals surface area contributed by atoms with Gasteiger partial charge in [-0.25, -0.2) is 13.8 Å². The lowest BCUT2D eigenvalue weighted by Crippen LogP contribution is -2.19. The van der Waals surface area contributed by atoms with Crippen molar-refractivity contribution in [3.63, 3.8) is 0 Å². The molecular formula is C17H13F2N3O2. The highest BCUT2D eigenvalue weighted by Crippen LogP contribution is 2.19. The van der Waals surface area contributed by atoms with Crippen molar-refractivity contribution >= 4 is 28.4 Å². The average Bonchev–Trinajstić information content (AvgIpc) is 2.94. The minimum atomic E-state index is -1.04. The molecule has 0 aliphatic carbocycles. The van der Waals surface area contributed by atoms with Crippen LogP contribution in [-0.2, 0) is 11.3 Å². The molecule has 24 heavy (non-hydrogen) atoms. The van der Waals surface area contributed by atoms with Gasteiger partial charge in [-0.1, -0.05) is 6.07 Å². The molecule has 0 atom stereocenters. The monoisotopic (exact) mass is 329 g/mol. The quantitative estimate of drug-likeness (QED) is 0.748. The Balaban J connectivity index is 1.85. The minimum absolute atomic E-state index is 0.111. The lowest BCUT2D eigenvalue weighted by atomic mass is 10.1. The summed E-state index contributed by atoms with van der Waals surface area (Å²) in [6.45, 7) is 1.33. The van der Waals surface area contributed by atoms with Crippen LogP contribution in [0.25, 0.3) is 11.0 Å². The molecule has 7 heteroatoms. The van der Waals surface area contributed by atoms with E-state index in [-0.39, 0.29) is 18.0 Å². The van der Waals surface area contributed by atoms with Crippen molar-refractivity contribution in [1.29, 1.82) is 0 Å². The summed E-state index contributed by atoms with van der Waals surface area (Å²) in [6, 6.07) is 8.23. The molecular weight excluding hydrogens is 316 g/mol. The van der Waals surface area contributed by atoms with E-state index in [4.69, 9.17) is 0 Å². The Morgan fingerprint density at radius 1 is 1.17 bits per heavy atom. The van der Waals surface area contributed by atoms with Crippen LogP contribution in [0.15, 0.2) is 42.7 Å². The number of ketones is 1. The fourth-order valence-corrected chi connectivity index (χ4v) is 2.46. The predicted molar refractivity (Wildman–Crippen MR) is 84.7 cm³/mol. The van der Waals surface area contributed by atoms with Crippen LogP contribution in [0.1, 0.15) is 17.3 Å². The molecule has 1 amide bonds. The predicted octanol–water partition coefficient (Wildman–Crippen LogP) is 3.16. The maximum atomic E-state index is 13.2. The van der Waals surface area contributed by atoms with E-state index in [9.17, 15) is 18.4 Å². The van der Waals surface area contributed by atoms with Gasteiger partial charge < -0.3 is 9.88 Å². The fraction of sp³-hybridized carbons (Fsp3) is 0.118. The van der Waals surface area contributed by atoms with Crippen LogP contribution in [0.3, 0.4) is 0 Å². The number of nitrogens with zero attached hydrogens (tertiary/aromatic N) is 2. The van der Waals surface area contributed by atoms with E-state index in [0.29, 0.717) is 16.6 Å². The van der Waals surface area contributed by atoms with Crippen LogP contribution in [0, 0.1) is 11.6 Å². The molecule has 0 unspecified atom stereocenters. The topological polar surface area (TPSA) is 64.0 Å². The van der Waals surface area contributed by atoms with E-state index < -0.39 is 17.5 Å². The second kappa shape index (κ2) is 6.19. The van der Waals surface area contributed by atoms with Crippen LogP contribution in [0.5, 0.6) is 0 Å². The molecule has 0 spiro atoms.